The zero-order valence-corrected chi connectivity index (χ0v) is 11.1. The molecule has 3 N–H and O–H groups in total. The van der Waals surface area contributed by atoms with Crippen molar-refractivity contribution >= 4 is 24.3 Å². The number of carbonyl (C=O) groups is 1. The van der Waals surface area contributed by atoms with Crippen LogP contribution in [0.2, 0.25) is 0 Å². The summed E-state index contributed by atoms with van der Waals surface area (Å²) in [6.07, 6.45) is 1.45. The van der Waals surface area contributed by atoms with Gasteiger partial charge in [0, 0.05) is 0 Å². The molecular weight excluding hydrogens is 242 g/mol. The van der Waals surface area contributed by atoms with E-state index < -0.39 is 6.09 Å². The molecule has 1 amide bonds. The first-order valence-corrected chi connectivity index (χ1v) is 5.29. The average Bonchev–Trinajstić information content (AvgIpc) is 2.23. The Morgan fingerprint density at radius 3 is 2.76 bits per heavy atom. The van der Waals surface area contributed by atoms with E-state index in [-0.39, 0.29) is 19.0 Å². The van der Waals surface area contributed by atoms with Gasteiger partial charge in [-0.1, -0.05) is 25.2 Å². The number of ether oxygens (including phenoxy) is 1. The summed E-state index contributed by atoms with van der Waals surface area (Å²) < 4.78 is 4.86. The predicted molar refractivity (Wildman–Crippen MR) is 71.4 cm³/mol. The van der Waals surface area contributed by atoms with Crippen molar-refractivity contribution in [2.45, 2.75) is 26.7 Å². The number of hydrogen-bond acceptors (Lipinski definition) is 3. The van der Waals surface area contributed by atoms with Crippen molar-refractivity contribution in [3.05, 3.63) is 0 Å². The Balaban J connectivity index is 0. The Kier molecular flexibility index (Phi) is 13.4. The topological polar surface area (TPSA) is 76.7 Å². The number of alkyl carbamates (subject to hydrolysis) is 1. The molecule has 0 aromatic heterocycles. The number of carbonyl (C=O) groups excluding carboxylic acids is 1. The molecule has 6 heteroatoms. The summed E-state index contributed by atoms with van der Waals surface area (Å²) in [4.78, 5) is 14.9. The third kappa shape index (κ3) is 14.6. The summed E-state index contributed by atoms with van der Waals surface area (Å²) >= 11 is 0. The van der Waals surface area contributed by atoms with Gasteiger partial charge in [0.2, 0.25) is 0 Å². The van der Waals surface area contributed by atoms with E-state index in [4.69, 9.17) is 10.5 Å². The molecule has 98 valence electrons. The van der Waals surface area contributed by atoms with E-state index in [1.807, 2.05) is 6.92 Å². The van der Waals surface area contributed by atoms with Gasteiger partial charge in [0.25, 0.3) is 0 Å². The molecule has 17 heavy (non-hydrogen) atoms. The molecule has 0 unspecified atom stereocenters. The molecule has 0 aliphatic carbocycles. The number of nitrogens with zero attached hydrogens (tertiary/aromatic N) is 1. The van der Waals surface area contributed by atoms with Crippen LogP contribution in [0, 0.1) is 11.8 Å². The Bertz CT molecular complexity index is 291. The first kappa shape index (κ1) is 18.0. The number of nitrogens with two attached hydrogens (primary N) is 1. The standard InChI is InChI=1S/C11H19N3O2.ClH/c1-3-4-9-16-11(15)14-8-6-5-7-13-10(2)12;/h3-4,7-9H2,1-2H3,(H2,12,13)(H,14,15);1H. The van der Waals surface area contributed by atoms with Crippen LogP contribution in [0.1, 0.15) is 26.7 Å². The molecule has 0 saturated carbocycles. The van der Waals surface area contributed by atoms with Gasteiger partial charge in [-0.15, -0.1) is 12.4 Å². The number of halogens is 1. The van der Waals surface area contributed by atoms with Crippen LogP contribution in [-0.2, 0) is 4.74 Å². The van der Waals surface area contributed by atoms with Crippen LogP contribution in [0.5, 0.6) is 0 Å². The molecule has 0 heterocycles. The van der Waals surface area contributed by atoms with Crippen LogP contribution in [-0.4, -0.2) is 31.6 Å². The lowest BCUT2D eigenvalue weighted by molar-refractivity contribution is 0.146. The number of aliphatic imine (C=N–C) groups is 1. The van der Waals surface area contributed by atoms with Gasteiger partial charge in [0.05, 0.1) is 19.0 Å². The lowest BCUT2D eigenvalue weighted by atomic mass is 10.4. The summed E-state index contributed by atoms with van der Waals surface area (Å²) in [5, 5.41) is 2.52. The second-order valence-corrected chi connectivity index (χ2v) is 3.15. The largest absolute Gasteiger partial charge is 0.450 e. The second-order valence-electron chi connectivity index (χ2n) is 3.15. The highest BCUT2D eigenvalue weighted by Gasteiger charge is 1.97. The molecule has 0 rings (SSSR count). The van der Waals surface area contributed by atoms with Crippen molar-refractivity contribution in [1.29, 1.82) is 0 Å². The quantitative estimate of drug-likeness (QED) is 0.339. The third-order valence-corrected chi connectivity index (χ3v) is 1.58. The van der Waals surface area contributed by atoms with E-state index in [1.54, 1.807) is 6.92 Å². The van der Waals surface area contributed by atoms with Crippen LogP contribution in [0.15, 0.2) is 4.99 Å². The Morgan fingerprint density at radius 1 is 1.47 bits per heavy atom. The molecule has 5 nitrogen and oxygen atoms in total. The van der Waals surface area contributed by atoms with E-state index in [1.165, 1.54) is 0 Å². The summed E-state index contributed by atoms with van der Waals surface area (Å²) in [7, 11) is 0. The maximum Gasteiger partial charge on any atom is 0.407 e. The predicted octanol–water partition coefficient (Wildman–Crippen LogP) is 1.31. The van der Waals surface area contributed by atoms with Crippen molar-refractivity contribution in [2.75, 3.05) is 19.7 Å². The van der Waals surface area contributed by atoms with Gasteiger partial charge in [-0.25, -0.2) is 4.79 Å². The monoisotopic (exact) mass is 261 g/mol. The maximum absolute atomic E-state index is 11.0. The molecule has 0 bridgehead atoms. The molecule has 0 fully saturated rings. The van der Waals surface area contributed by atoms with Crippen molar-refractivity contribution in [3.63, 3.8) is 0 Å². The summed E-state index contributed by atoms with van der Waals surface area (Å²) in [5.74, 6) is 5.99. The summed E-state index contributed by atoms with van der Waals surface area (Å²) in [6, 6.07) is 0. The lowest BCUT2D eigenvalue weighted by Gasteiger charge is -2.02. The number of hydrogen-bond donors (Lipinski definition) is 2. The van der Waals surface area contributed by atoms with E-state index in [0.29, 0.717) is 19.0 Å². The molecule has 0 atom stereocenters. The van der Waals surface area contributed by atoms with Crippen molar-refractivity contribution < 1.29 is 9.53 Å². The second kappa shape index (κ2) is 12.7. The summed E-state index contributed by atoms with van der Waals surface area (Å²) in [6.45, 7) is 4.81. The van der Waals surface area contributed by atoms with Gasteiger partial charge < -0.3 is 15.8 Å². The van der Waals surface area contributed by atoms with Crippen LogP contribution < -0.4 is 11.1 Å². The summed E-state index contributed by atoms with van der Waals surface area (Å²) in [5.41, 5.74) is 5.32. The minimum atomic E-state index is -0.429. The fourth-order valence-electron chi connectivity index (χ4n) is 0.759. The highest BCUT2D eigenvalue weighted by Crippen LogP contribution is 1.87. The van der Waals surface area contributed by atoms with Gasteiger partial charge in [-0.05, 0) is 13.3 Å². The van der Waals surface area contributed by atoms with E-state index in [2.05, 4.69) is 22.2 Å². The SMILES string of the molecule is CCCCOC(=O)NCC#CCN=C(C)N.Cl. The van der Waals surface area contributed by atoms with Gasteiger partial charge in [0.1, 0.15) is 6.54 Å². The minimum Gasteiger partial charge on any atom is -0.450 e. The van der Waals surface area contributed by atoms with Gasteiger partial charge in [0.15, 0.2) is 0 Å². The van der Waals surface area contributed by atoms with E-state index in [9.17, 15) is 4.79 Å². The van der Waals surface area contributed by atoms with Crippen LogP contribution in [0.25, 0.3) is 0 Å². The fraction of sp³-hybridized carbons (Fsp3) is 0.636. The van der Waals surface area contributed by atoms with Crippen LogP contribution in [0.3, 0.4) is 0 Å². The van der Waals surface area contributed by atoms with Crippen molar-refractivity contribution in [1.82, 2.24) is 5.32 Å². The molecular formula is C11H20ClN3O2. The maximum atomic E-state index is 11.0. The van der Waals surface area contributed by atoms with Crippen molar-refractivity contribution in [2.24, 2.45) is 10.7 Å². The molecule has 0 spiro atoms. The number of unbranched alkanes of at least 4 members (excludes halogenated alkanes) is 1. The molecule has 0 radical (unpaired) electrons. The normalized spacial score (nSPS) is 9.65. The molecule has 0 aromatic rings. The van der Waals surface area contributed by atoms with Crippen molar-refractivity contribution in [3.8, 4) is 11.8 Å². The third-order valence-electron chi connectivity index (χ3n) is 1.58. The van der Waals surface area contributed by atoms with Crippen LogP contribution in [0.4, 0.5) is 4.79 Å². The fourth-order valence-corrected chi connectivity index (χ4v) is 0.759. The van der Waals surface area contributed by atoms with E-state index in [0.717, 1.165) is 12.8 Å². The minimum absolute atomic E-state index is 0. The number of rotatable bonds is 5. The Labute approximate surface area is 109 Å². The highest BCUT2D eigenvalue weighted by molar-refractivity contribution is 5.85. The molecule has 0 aliphatic rings. The van der Waals surface area contributed by atoms with Gasteiger partial charge >= 0.3 is 6.09 Å². The molecule has 0 aliphatic heterocycles. The first-order valence-electron chi connectivity index (χ1n) is 5.29. The zero-order chi connectivity index (χ0) is 12.2. The van der Waals surface area contributed by atoms with Crippen LogP contribution >= 0.6 is 12.4 Å². The number of amides is 1. The Morgan fingerprint density at radius 2 is 2.18 bits per heavy atom. The van der Waals surface area contributed by atoms with E-state index >= 15 is 0 Å². The van der Waals surface area contributed by atoms with Gasteiger partial charge in [-0.2, -0.15) is 0 Å². The molecule has 0 aromatic carbocycles. The smallest absolute Gasteiger partial charge is 0.407 e. The number of amidine groups is 1. The zero-order valence-electron chi connectivity index (χ0n) is 10.3. The highest BCUT2D eigenvalue weighted by atomic mass is 35.5. The Hall–Kier alpha value is -1.41. The lowest BCUT2D eigenvalue weighted by Crippen LogP contribution is -2.24. The number of nitrogens with one attached hydrogen (secondary N) is 1. The first-order chi connectivity index (χ1) is 7.66. The van der Waals surface area contributed by atoms with Gasteiger partial charge in [-0.3, -0.25) is 4.99 Å². The average molecular weight is 262 g/mol. The molecule has 0 saturated heterocycles.